The van der Waals surface area contributed by atoms with Crippen molar-refractivity contribution < 1.29 is 19.5 Å². The first-order chi connectivity index (χ1) is 4.30. The number of hydrogen-bond donors (Lipinski definition) is 0. The molecule has 0 spiro atoms. The molecule has 0 atom stereocenters. The van der Waals surface area contributed by atoms with E-state index in [-0.39, 0.29) is 19.5 Å². The molecule has 1 radical (unpaired) electrons. The quantitative estimate of drug-likeness (QED) is 0.506. The first kappa shape index (κ1) is 9.84. The Balaban J connectivity index is 0.000000810. The largest absolute Gasteiger partial charge is 0.184 e. The standard InChI is InChI=1S/C9H11.Rh/c1-8(2)9-6-4-3-5-7-9;/h4-8H,1-2H3;/q-1;. The molecule has 1 heteroatoms. The van der Waals surface area contributed by atoms with Gasteiger partial charge in [0.2, 0.25) is 0 Å². The second kappa shape index (κ2) is 4.63. The van der Waals surface area contributed by atoms with Crippen LogP contribution in [0.2, 0.25) is 0 Å². The molecule has 57 valence electrons. The summed E-state index contributed by atoms with van der Waals surface area (Å²) in [6.07, 6.45) is 0. The molecule has 0 amide bonds. The number of rotatable bonds is 1. The van der Waals surface area contributed by atoms with Crippen molar-refractivity contribution in [2.45, 2.75) is 19.8 Å². The molecule has 0 saturated carbocycles. The van der Waals surface area contributed by atoms with Gasteiger partial charge >= 0.3 is 0 Å². The van der Waals surface area contributed by atoms with Crippen LogP contribution in [-0.2, 0) is 19.5 Å². The molecule has 0 aromatic heterocycles. The van der Waals surface area contributed by atoms with Crippen molar-refractivity contribution in [2.24, 2.45) is 0 Å². The van der Waals surface area contributed by atoms with Crippen LogP contribution >= 0.6 is 0 Å². The van der Waals surface area contributed by atoms with Crippen LogP contribution in [0.3, 0.4) is 0 Å². The molecule has 0 bridgehead atoms. The summed E-state index contributed by atoms with van der Waals surface area (Å²) in [5, 5.41) is 0. The Morgan fingerprint density at radius 1 is 1.20 bits per heavy atom. The second-order valence-electron chi connectivity index (χ2n) is 2.49. The van der Waals surface area contributed by atoms with Crippen LogP contribution in [0.25, 0.3) is 0 Å². The van der Waals surface area contributed by atoms with Crippen LogP contribution in [0.5, 0.6) is 0 Å². The summed E-state index contributed by atoms with van der Waals surface area (Å²) < 4.78 is 0. The molecular formula is C9H11Rh-. The van der Waals surface area contributed by atoms with Crippen molar-refractivity contribution in [1.82, 2.24) is 0 Å². The molecule has 1 aromatic carbocycles. The smallest absolute Gasteiger partial charge is 0 e. The Morgan fingerprint density at radius 3 is 2.00 bits per heavy atom. The minimum absolute atomic E-state index is 0. The molecule has 0 fully saturated rings. The first-order valence-corrected chi connectivity index (χ1v) is 3.26. The minimum Gasteiger partial charge on any atom is -0.184 e. The first-order valence-electron chi connectivity index (χ1n) is 3.26. The molecule has 0 saturated heterocycles. The predicted octanol–water partition coefficient (Wildman–Crippen LogP) is 2.61. The van der Waals surface area contributed by atoms with Crippen LogP contribution in [0.15, 0.2) is 24.3 Å². The minimum atomic E-state index is 0. The van der Waals surface area contributed by atoms with E-state index >= 15 is 0 Å². The van der Waals surface area contributed by atoms with Crippen molar-refractivity contribution in [2.75, 3.05) is 0 Å². The van der Waals surface area contributed by atoms with Gasteiger partial charge in [-0.25, -0.2) is 0 Å². The summed E-state index contributed by atoms with van der Waals surface area (Å²) in [7, 11) is 0. The molecular weight excluding hydrogens is 211 g/mol. The van der Waals surface area contributed by atoms with E-state index in [1.807, 2.05) is 12.1 Å². The van der Waals surface area contributed by atoms with Crippen molar-refractivity contribution in [1.29, 1.82) is 0 Å². The normalized spacial score (nSPS) is 9.10. The van der Waals surface area contributed by atoms with E-state index in [1.54, 1.807) is 0 Å². The van der Waals surface area contributed by atoms with Crippen LogP contribution in [0.1, 0.15) is 25.3 Å². The zero-order valence-corrected chi connectivity index (χ0v) is 7.86. The maximum atomic E-state index is 2.99. The Morgan fingerprint density at radius 2 is 1.70 bits per heavy atom. The van der Waals surface area contributed by atoms with Crippen LogP contribution in [-0.4, -0.2) is 0 Å². The van der Waals surface area contributed by atoms with Gasteiger partial charge in [-0.1, -0.05) is 13.8 Å². The Kier molecular flexibility index (Phi) is 4.55. The van der Waals surface area contributed by atoms with E-state index in [4.69, 9.17) is 0 Å². The summed E-state index contributed by atoms with van der Waals surface area (Å²) in [5.41, 5.74) is 1.38. The molecule has 0 N–H and O–H groups in total. The molecule has 0 nitrogen and oxygen atoms in total. The average molecular weight is 222 g/mol. The Labute approximate surface area is 75.4 Å². The monoisotopic (exact) mass is 222 g/mol. The fourth-order valence-electron chi connectivity index (χ4n) is 0.785. The van der Waals surface area contributed by atoms with Gasteiger partial charge in [0, 0.05) is 19.5 Å². The summed E-state index contributed by atoms with van der Waals surface area (Å²) in [6, 6.07) is 11.1. The van der Waals surface area contributed by atoms with Gasteiger partial charge in [-0.05, 0) is 5.92 Å². The maximum Gasteiger partial charge on any atom is 0 e. The van der Waals surface area contributed by atoms with Gasteiger partial charge in [0.1, 0.15) is 0 Å². The Bertz CT molecular complexity index is 167. The van der Waals surface area contributed by atoms with Crippen molar-refractivity contribution in [3.05, 3.63) is 35.9 Å². The van der Waals surface area contributed by atoms with Crippen molar-refractivity contribution >= 4 is 0 Å². The van der Waals surface area contributed by atoms with Crippen LogP contribution in [0.4, 0.5) is 0 Å². The van der Waals surface area contributed by atoms with E-state index in [1.165, 1.54) is 5.56 Å². The van der Waals surface area contributed by atoms with Gasteiger partial charge in [0.05, 0.1) is 0 Å². The summed E-state index contributed by atoms with van der Waals surface area (Å²) >= 11 is 0. The fraction of sp³-hybridized carbons (Fsp3) is 0.333. The van der Waals surface area contributed by atoms with Crippen LogP contribution in [0, 0.1) is 6.07 Å². The molecule has 0 heterocycles. The molecule has 0 unspecified atom stereocenters. The molecule has 1 aromatic rings. The third kappa shape index (κ3) is 2.62. The summed E-state index contributed by atoms with van der Waals surface area (Å²) in [4.78, 5) is 0. The van der Waals surface area contributed by atoms with Gasteiger partial charge in [-0.15, -0.1) is 0 Å². The Hall–Kier alpha value is -0.157. The third-order valence-electron chi connectivity index (χ3n) is 1.41. The van der Waals surface area contributed by atoms with Crippen molar-refractivity contribution in [3.8, 4) is 0 Å². The summed E-state index contributed by atoms with van der Waals surface area (Å²) in [6.45, 7) is 4.38. The molecule has 0 aliphatic rings. The zero-order chi connectivity index (χ0) is 6.69. The van der Waals surface area contributed by atoms with Gasteiger partial charge in [-0.3, -0.25) is 0 Å². The van der Waals surface area contributed by atoms with Crippen molar-refractivity contribution in [3.63, 3.8) is 0 Å². The van der Waals surface area contributed by atoms with E-state index in [0.717, 1.165) is 0 Å². The van der Waals surface area contributed by atoms with E-state index < -0.39 is 0 Å². The average Bonchev–Trinajstić information content (AvgIpc) is 1.90. The fourth-order valence-corrected chi connectivity index (χ4v) is 0.785. The van der Waals surface area contributed by atoms with Gasteiger partial charge < -0.3 is 0 Å². The van der Waals surface area contributed by atoms with E-state index in [9.17, 15) is 0 Å². The molecule has 0 aliphatic carbocycles. The van der Waals surface area contributed by atoms with E-state index in [0.29, 0.717) is 5.92 Å². The topological polar surface area (TPSA) is 0 Å². The second-order valence-corrected chi connectivity index (χ2v) is 2.49. The van der Waals surface area contributed by atoms with Gasteiger partial charge in [-0.2, -0.15) is 35.9 Å². The molecule has 1 rings (SSSR count). The zero-order valence-electron chi connectivity index (χ0n) is 6.22. The van der Waals surface area contributed by atoms with Crippen LogP contribution < -0.4 is 0 Å². The summed E-state index contributed by atoms with van der Waals surface area (Å²) in [5.74, 6) is 0.639. The molecule has 0 aliphatic heterocycles. The molecule has 10 heavy (non-hydrogen) atoms. The van der Waals surface area contributed by atoms with Gasteiger partial charge in [0.15, 0.2) is 0 Å². The number of benzene rings is 1. The van der Waals surface area contributed by atoms with Gasteiger partial charge in [0.25, 0.3) is 0 Å². The third-order valence-corrected chi connectivity index (χ3v) is 1.41. The number of hydrogen-bond acceptors (Lipinski definition) is 0. The predicted molar refractivity (Wildman–Crippen MR) is 39.4 cm³/mol. The van der Waals surface area contributed by atoms with E-state index in [2.05, 4.69) is 32.0 Å². The SMILES string of the molecule is CC(C)c1cc[c-]cc1.[Rh]. The maximum absolute atomic E-state index is 2.99.